The topological polar surface area (TPSA) is 21.1 Å². The van der Waals surface area contributed by atoms with E-state index in [2.05, 4.69) is 63.0 Å². The van der Waals surface area contributed by atoms with E-state index in [1.807, 2.05) is 36.7 Å². The Morgan fingerprint density at radius 3 is 2.28 bits per heavy atom. The summed E-state index contributed by atoms with van der Waals surface area (Å²) in [5.74, 6) is 0.571. The van der Waals surface area contributed by atoms with E-state index in [4.69, 9.17) is 23.2 Å². The van der Waals surface area contributed by atoms with Gasteiger partial charge in [-0.3, -0.25) is 4.90 Å². The summed E-state index contributed by atoms with van der Waals surface area (Å²) in [7, 11) is 0. The van der Waals surface area contributed by atoms with Gasteiger partial charge in [-0.2, -0.15) is 0 Å². The Bertz CT molecular complexity index is 1040. The summed E-state index contributed by atoms with van der Waals surface area (Å²) in [6.45, 7) is 2.49. The highest BCUT2D eigenvalue weighted by Crippen LogP contribution is 2.29. The number of rotatable bonds is 8. The smallest absolute Gasteiger partial charge is 0.0958 e. The molecule has 0 aliphatic heterocycles. The highest BCUT2D eigenvalue weighted by Gasteiger charge is 2.22. The van der Waals surface area contributed by atoms with Crippen LogP contribution in [0.25, 0.3) is 11.0 Å². The molecule has 148 valence electrons. The fourth-order valence-corrected chi connectivity index (χ4v) is 4.14. The molecule has 29 heavy (non-hydrogen) atoms. The van der Waals surface area contributed by atoms with Crippen molar-refractivity contribution in [2.45, 2.75) is 12.6 Å². The summed E-state index contributed by atoms with van der Waals surface area (Å²) in [6.07, 6.45) is 1.92. The van der Waals surface area contributed by atoms with Crippen LogP contribution in [0, 0.1) is 0 Å². The van der Waals surface area contributed by atoms with Gasteiger partial charge in [0.2, 0.25) is 0 Å². The minimum atomic E-state index is 0.113. The van der Waals surface area contributed by atoms with Gasteiger partial charge >= 0.3 is 0 Å². The standard InChI is InChI=1S/C24H23Cl2N3/c25-14-15-28(16-17-29-18-27-22-8-4-5-9-23(22)29)24(19-6-2-1-3-7-19)20-10-12-21(26)13-11-20/h1-13,18,24H,14-17H2. The molecule has 0 bridgehead atoms. The number of hydrogen-bond donors (Lipinski definition) is 0. The monoisotopic (exact) mass is 423 g/mol. The van der Waals surface area contributed by atoms with Crippen LogP contribution < -0.4 is 0 Å². The summed E-state index contributed by atoms with van der Waals surface area (Å²) in [5.41, 5.74) is 4.63. The second kappa shape index (κ2) is 9.45. The number of nitrogens with zero attached hydrogens (tertiary/aromatic N) is 3. The molecule has 5 heteroatoms. The zero-order chi connectivity index (χ0) is 20.1. The fraction of sp³-hybridized carbons (Fsp3) is 0.208. The molecule has 0 saturated heterocycles. The highest BCUT2D eigenvalue weighted by molar-refractivity contribution is 6.30. The van der Waals surface area contributed by atoms with E-state index >= 15 is 0 Å². The number of fused-ring (bicyclic) bond motifs is 1. The molecule has 0 amide bonds. The molecule has 4 rings (SSSR count). The predicted molar refractivity (Wildman–Crippen MR) is 122 cm³/mol. The summed E-state index contributed by atoms with van der Waals surface area (Å²) in [5, 5.41) is 0.745. The van der Waals surface area contributed by atoms with Crippen LogP contribution in [-0.4, -0.2) is 33.4 Å². The average Bonchev–Trinajstić information content (AvgIpc) is 3.17. The number of benzene rings is 3. The second-order valence-corrected chi connectivity index (χ2v) is 7.83. The predicted octanol–water partition coefficient (Wildman–Crippen LogP) is 6.02. The molecule has 1 aromatic heterocycles. The van der Waals surface area contributed by atoms with Crippen LogP contribution in [0.4, 0.5) is 0 Å². The van der Waals surface area contributed by atoms with Gasteiger partial charge < -0.3 is 4.57 Å². The Morgan fingerprint density at radius 1 is 0.828 bits per heavy atom. The van der Waals surface area contributed by atoms with Crippen molar-refractivity contribution in [1.29, 1.82) is 0 Å². The Balaban J connectivity index is 1.64. The number of aromatic nitrogens is 2. The van der Waals surface area contributed by atoms with Gasteiger partial charge in [0.15, 0.2) is 0 Å². The molecule has 0 aliphatic rings. The van der Waals surface area contributed by atoms with Crippen molar-refractivity contribution in [1.82, 2.24) is 14.5 Å². The van der Waals surface area contributed by atoms with Gasteiger partial charge in [-0.05, 0) is 35.4 Å². The molecular weight excluding hydrogens is 401 g/mol. The lowest BCUT2D eigenvalue weighted by atomic mass is 9.97. The van der Waals surface area contributed by atoms with Crippen LogP contribution in [0.1, 0.15) is 17.2 Å². The number of para-hydroxylation sites is 2. The van der Waals surface area contributed by atoms with Crippen molar-refractivity contribution in [2.24, 2.45) is 0 Å². The van der Waals surface area contributed by atoms with Crippen LogP contribution in [-0.2, 0) is 6.54 Å². The average molecular weight is 424 g/mol. The largest absolute Gasteiger partial charge is 0.329 e. The molecule has 4 aromatic rings. The highest BCUT2D eigenvalue weighted by atomic mass is 35.5. The van der Waals surface area contributed by atoms with Gasteiger partial charge in [-0.15, -0.1) is 11.6 Å². The molecule has 0 N–H and O–H groups in total. The number of hydrogen-bond acceptors (Lipinski definition) is 2. The zero-order valence-corrected chi connectivity index (χ0v) is 17.6. The molecule has 3 nitrogen and oxygen atoms in total. The molecule has 1 unspecified atom stereocenters. The van der Waals surface area contributed by atoms with Crippen molar-refractivity contribution in [3.63, 3.8) is 0 Å². The first-order valence-electron chi connectivity index (χ1n) is 9.76. The minimum Gasteiger partial charge on any atom is -0.329 e. The Morgan fingerprint density at radius 2 is 1.52 bits per heavy atom. The van der Waals surface area contributed by atoms with Gasteiger partial charge in [-0.1, -0.05) is 66.2 Å². The molecule has 0 aliphatic carbocycles. The lowest BCUT2D eigenvalue weighted by Gasteiger charge is -2.32. The van der Waals surface area contributed by atoms with Crippen LogP contribution in [0.15, 0.2) is 85.2 Å². The maximum Gasteiger partial charge on any atom is 0.0958 e. The van der Waals surface area contributed by atoms with Gasteiger partial charge in [0.25, 0.3) is 0 Å². The molecule has 0 fully saturated rings. The lowest BCUT2D eigenvalue weighted by Crippen LogP contribution is -2.34. The molecule has 0 spiro atoms. The summed E-state index contributed by atoms with van der Waals surface area (Å²) < 4.78 is 2.21. The van der Waals surface area contributed by atoms with Crippen molar-refractivity contribution in [3.8, 4) is 0 Å². The lowest BCUT2D eigenvalue weighted by molar-refractivity contribution is 0.230. The number of imidazole rings is 1. The molecule has 3 aromatic carbocycles. The third kappa shape index (κ3) is 4.64. The molecule has 0 radical (unpaired) electrons. The van der Waals surface area contributed by atoms with Gasteiger partial charge in [-0.25, -0.2) is 4.98 Å². The van der Waals surface area contributed by atoms with E-state index in [0.29, 0.717) is 5.88 Å². The van der Waals surface area contributed by atoms with E-state index in [0.717, 1.165) is 35.7 Å². The van der Waals surface area contributed by atoms with Crippen molar-refractivity contribution < 1.29 is 0 Å². The van der Waals surface area contributed by atoms with E-state index in [9.17, 15) is 0 Å². The van der Waals surface area contributed by atoms with Gasteiger partial charge in [0, 0.05) is 30.5 Å². The zero-order valence-electron chi connectivity index (χ0n) is 16.1. The molecular formula is C24H23Cl2N3. The van der Waals surface area contributed by atoms with E-state index in [-0.39, 0.29) is 6.04 Å². The van der Waals surface area contributed by atoms with Gasteiger partial charge in [0.05, 0.1) is 23.4 Å². The number of halogens is 2. The fourth-order valence-electron chi connectivity index (χ4n) is 3.80. The third-order valence-corrected chi connectivity index (χ3v) is 5.61. The SMILES string of the molecule is ClCCN(CCn1cnc2ccccc21)C(c1ccccc1)c1ccc(Cl)cc1. The first-order chi connectivity index (χ1) is 14.3. The first-order valence-corrected chi connectivity index (χ1v) is 10.7. The minimum absolute atomic E-state index is 0.113. The van der Waals surface area contributed by atoms with Crippen LogP contribution in [0.3, 0.4) is 0 Å². The Hall–Kier alpha value is -2.33. The van der Waals surface area contributed by atoms with E-state index in [1.165, 1.54) is 11.1 Å². The Labute approximate surface area is 181 Å². The number of alkyl halides is 1. The maximum absolute atomic E-state index is 6.21. The van der Waals surface area contributed by atoms with Crippen molar-refractivity contribution in [2.75, 3.05) is 19.0 Å². The summed E-state index contributed by atoms with van der Waals surface area (Å²) in [6, 6.07) is 27.0. The summed E-state index contributed by atoms with van der Waals surface area (Å²) in [4.78, 5) is 6.95. The van der Waals surface area contributed by atoms with Gasteiger partial charge in [0.1, 0.15) is 0 Å². The molecule has 0 saturated carbocycles. The second-order valence-electron chi connectivity index (χ2n) is 7.02. The third-order valence-electron chi connectivity index (χ3n) is 5.19. The van der Waals surface area contributed by atoms with E-state index in [1.54, 1.807) is 0 Å². The van der Waals surface area contributed by atoms with E-state index < -0.39 is 0 Å². The first kappa shape index (κ1) is 20.0. The van der Waals surface area contributed by atoms with Crippen LogP contribution in [0.2, 0.25) is 5.02 Å². The van der Waals surface area contributed by atoms with Crippen molar-refractivity contribution in [3.05, 3.63) is 101 Å². The molecule has 1 atom stereocenters. The van der Waals surface area contributed by atoms with Crippen molar-refractivity contribution >= 4 is 34.2 Å². The summed E-state index contributed by atoms with van der Waals surface area (Å²) >= 11 is 12.4. The van der Waals surface area contributed by atoms with Crippen LogP contribution in [0.5, 0.6) is 0 Å². The molecule has 1 heterocycles. The normalized spacial score (nSPS) is 12.5. The quantitative estimate of drug-likeness (QED) is 0.323. The van der Waals surface area contributed by atoms with Crippen LogP contribution >= 0.6 is 23.2 Å². The Kier molecular flexibility index (Phi) is 6.50. The maximum atomic E-state index is 6.21.